The summed E-state index contributed by atoms with van der Waals surface area (Å²) in [5.41, 5.74) is 0.346. The Morgan fingerprint density at radius 3 is 2.84 bits per heavy atom. The third-order valence-electron chi connectivity index (χ3n) is 4.44. The van der Waals surface area contributed by atoms with E-state index in [2.05, 4.69) is 9.97 Å². The molecule has 1 aromatic carbocycles. The number of halogens is 2. The molecule has 7 heteroatoms. The summed E-state index contributed by atoms with van der Waals surface area (Å²) in [5.74, 6) is 0.0722. The smallest absolute Gasteiger partial charge is 0.227 e. The second-order valence-corrected chi connectivity index (χ2v) is 6.64. The third kappa shape index (κ3) is 4.07. The molecule has 1 aromatic heterocycles. The van der Waals surface area contributed by atoms with Crippen molar-refractivity contribution in [3.8, 4) is 0 Å². The van der Waals surface area contributed by atoms with E-state index in [1.165, 1.54) is 6.07 Å². The van der Waals surface area contributed by atoms with Crippen LogP contribution in [0.25, 0.3) is 0 Å². The molecule has 3 rings (SSSR count). The molecule has 0 saturated carbocycles. The van der Waals surface area contributed by atoms with E-state index >= 15 is 0 Å². The van der Waals surface area contributed by atoms with Gasteiger partial charge in [-0.15, -0.1) is 0 Å². The van der Waals surface area contributed by atoms with Gasteiger partial charge in [0.25, 0.3) is 0 Å². The minimum atomic E-state index is -0.393. The summed E-state index contributed by atoms with van der Waals surface area (Å²) in [6.07, 6.45) is 5.08. The highest BCUT2D eigenvalue weighted by molar-refractivity contribution is 6.31. The fourth-order valence-electron chi connectivity index (χ4n) is 3.13. The van der Waals surface area contributed by atoms with Crippen LogP contribution >= 0.6 is 11.6 Å². The van der Waals surface area contributed by atoms with E-state index in [-0.39, 0.29) is 18.4 Å². The fourth-order valence-corrected chi connectivity index (χ4v) is 3.35. The molecule has 25 heavy (non-hydrogen) atoms. The first-order valence-corrected chi connectivity index (χ1v) is 8.64. The Labute approximate surface area is 151 Å². The molecule has 0 aliphatic carbocycles. The molecule has 1 amide bonds. The number of carbonyl (C=O) groups excluding carboxylic acids is 1. The average molecular weight is 363 g/mol. The highest BCUT2D eigenvalue weighted by Gasteiger charge is 2.29. The van der Waals surface area contributed by atoms with E-state index in [1.54, 1.807) is 42.5 Å². The van der Waals surface area contributed by atoms with Crippen molar-refractivity contribution in [1.82, 2.24) is 14.9 Å². The first kappa shape index (κ1) is 17.6. The largest absolute Gasteiger partial charge is 0.341 e. The van der Waals surface area contributed by atoms with Crippen molar-refractivity contribution >= 4 is 23.5 Å². The summed E-state index contributed by atoms with van der Waals surface area (Å²) < 4.78 is 14.0. The van der Waals surface area contributed by atoms with Gasteiger partial charge < -0.3 is 9.80 Å². The quantitative estimate of drug-likeness (QED) is 0.838. The van der Waals surface area contributed by atoms with Crippen LogP contribution in [0.1, 0.15) is 18.4 Å². The van der Waals surface area contributed by atoms with E-state index < -0.39 is 5.82 Å². The predicted octanol–water partition coefficient (Wildman–Crippen LogP) is 3.14. The Bertz CT molecular complexity index is 723. The van der Waals surface area contributed by atoms with Crippen molar-refractivity contribution in [1.29, 1.82) is 0 Å². The first-order valence-electron chi connectivity index (χ1n) is 8.26. The number of carbonyl (C=O) groups is 1. The number of benzene rings is 1. The Morgan fingerprint density at radius 1 is 1.36 bits per heavy atom. The summed E-state index contributed by atoms with van der Waals surface area (Å²) in [4.78, 5) is 24.9. The van der Waals surface area contributed by atoms with Crippen molar-refractivity contribution in [2.24, 2.45) is 5.92 Å². The lowest BCUT2D eigenvalue weighted by molar-refractivity contribution is -0.135. The van der Waals surface area contributed by atoms with Crippen LogP contribution in [0, 0.1) is 11.7 Å². The molecular weight excluding hydrogens is 343 g/mol. The molecule has 1 saturated heterocycles. The van der Waals surface area contributed by atoms with Crippen LogP contribution in [-0.2, 0) is 11.3 Å². The highest BCUT2D eigenvalue weighted by atomic mass is 35.5. The standard InChI is InChI=1S/C18H20ClFN4O/c1-23(12-14-15(19)6-2-7-16(14)20)17(25)13-5-3-10-24(11-13)18-21-8-4-9-22-18/h2,4,6-9,13H,3,5,10-12H2,1H3. The van der Waals surface area contributed by atoms with Gasteiger partial charge in [-0.25, -0.2) is 14.4 Å². The molecule has 0 spiro atoms. The molecule has 2 heterocycles. The lowest BCUT2D eigenvalue weighted by atomic mass is 9.96. The molecule has 1 aliphatic heterocycles. The van der Waals surface area contributed by atoms with E-state index in [0.717, 1.165) is 19.4 Å². The van der Waals surface area contributed by atoms with Crippen molar-refractivity contribution in [3.63, 3.8) is 0 Å². The maximum absolute atomic E-state index is 14.0. The monoisotopic (exact) mass is 362 g/mol. The predicted molar refractivity (Wildman–Crippen MR) is 94.9 cm³/mol. The Morgan fingerprint density at radius 2 is 2.12 bits per heavy atom. The zero-order chi connectivity index (χ0) is 17.8. The van der Waals surface area contributed by atoms with E-state index in [4.69, 9.17) is 11.6 Å². The summed E-state index contributed by atoms with van der Waals surface area (Å²) in [5, 5.41) is 0.336. The van der Waals surface area contributed by atoms with Crippen LogP contribution in [-0.4, -0.2) is 40.9 Å². The number of amides is 1. The number of aromatic nitrogens is 2. The molecular formula is C18H20ClFN4O. The van der Waals surface area contributed by atoms with Gasteiger partial charge in [-0.2, -0.15) is 0 Å². The van der Waals surface area contributed by atoms with E-state index in [0.29, 0.717) is 23.1 Å². The van der Waals surface area contributed by atoms with Gasteiger partial charge in [0.2, 0.25) is 11.9 Å². The molecule has 1 unspecified atom stereocenters. The highest BCUT2D eigenvalue weighted by Crippen LogP contribution is 2.24. The van der Waals surface area contributed by atoms with Gasteiger partial charge in [0.1, 0.15) is 5.82 Å². The van der Waals surface area contributed by atoms with Crippen molar-refractivity contribution in [2.75, 3.05) is 25.0 Å². The second kappa shape index (κ2) is 7.78. The van der Waals surface area contributed by atoms with E-state index in [1.807, 2.05) is 4.90 Å². The van der Waals surface area contributed by atoms with Crippen molar-refractivity contribution in [3.05, 3.63) is 53.1 Å². The number of hydrogen-bond donors (Lipinski definition) is 0. The van der Waals surface area contributed by atoms with Gasteiger partial charge in [-0.05, 0) is 31.0 Å². The fraction of sp³-hybridized carbons (Fsp3) is 0.389. The molecule has 1 aliphatic rings. The van der Waals surface area contributed by atoms with Crippen LogP contribution in [0.15, 0.2) is 36.7 Å². The molecule has 0 bridgehead atoms. The van der Waals surface area contributed by atoms with Crippen LogP contribution in [0.5, 0.6) is 0 Å². The van der Waals surface area contributed by atoms with E-state index in [9.17, 15) is 9.18 Å². The molecule has 1 fully saturated rings. The SMILES string of the molecule is CN(Cc1c(F)cccc1Cl)C(=O)C1CCCN(c2ncccn2)C1. The zero-order valence-electron chi connectivity index (χ0n) is 14.0. The summed E-state index contributed by atoms with van der Waals surface area (Å²) >= 11 is 6.06. The maximum atomic E-state index is 14.0. The molecule has 2 aromatic rings. The van der Waals surface area contributed by atoms with Crippen molar-refractivity contribution in [2.45, 2.75) is 19.4 Å². The van der Waals surface area contributed by atoms with Crippen LogP contribution in [0.4, 0.5) is 10.3 Å². The molecule has 0 radical (unpaired) electrons. The average Bonchev–Trinajstić information content (AvgIpc) is 2.65. The number of piperidine rings is 1. The number of nitrogens with zero attached hydrogens (tertiary/aromatic N) is 4. The van der Waals surface area contributed by atoms with Gasteiger partial charge in [0, 0.05) is 49.7 Å². The van der Waals surface area contributed by atoms with Crippen molar-refractivity contribution < 1.29 is 9.18 Å². The lowest BCUT2D eigenvalue weighted by Gasteiger charge is -2.34. The van der Waals surface area contributed by atoms with Gasteiger partial charge in [0.15, 0.2) is 0 Å². The Balaban J connectivity index is 1.67. The van der Waals surface area contributed by atoms with Gasteiger partial charge in [-0.3, -0.25) is 4.79 Å². The zero-order valence-corrected chi connectivity index (χ0v) is 14.8. The number of hydrogen-bond acceptors (Lipinski definition) is 4. The molecule has 132 valence electrons. The molecule has 0 N–H and O–H groups in total. The molecule has 5 nitrogen and oxygen atoms in total. The normalized spacial score (nSPS) is 17.4. The molecule has 1 atom stereocenters. The Hall–Kier alpha value is -2.21. The maximum Gasteiger partial charge on any atom is 0.227 e. The summed E-state index contributed by atoms with van der Waals surface area (Å²) in [6.45, 7) is 1.55. The minimum absolute atomic E-state index is 0.0139. The van der Waals surface area contributed by atoms with Crippen LogP contribution in [0.3, 0.4) is 0 Å². The second-order valence-electron chi connectivity index (χ2n) is 6.23. The Kier molecular flexibility index (Phi) is 5.48. The number of rotatable bonds is 4. The van der Waals surface area contributed by atoms with Crippen LogP contribution < -0.4 is 4.90 Å². The topological polar surface area (TPSA) is 49.3 Å². The van der Waals surface area contributed by atoms with Gasteiger partial charge >= 0.3 is 0 Å². The van der Waals surface area contributed by atoms with Gasteiger partial charge in [0.05, 0.1) is 5.92 Å². The van der Waals surface area contributed by atoms with Crippen LogP contribution in [0.2, 0.25) is 5.02 Å². The lowest BCUT2D eigenvalue weighted by Crippen LogP contribution is -2.44. The summed E-state index contributed by atoms with van der Waals surface area (Å²) in [6, 6.07) is 6.31. The minimum Gasteiger partial charge on any atom is -0.341 e. The number of anilines is 1. The van der Waals surface area contributed by atoms with Gasteiger partial charge in [-0.1, -0.05) is 17.7 Å². The third-order valence-corrected chi connectivity index (χ3v) is 4.79. The first-order chi connectivity index (χ1) is 12.1. The summed E-state index contributed by atoms with van der Waals surface area (Å²) in [7, 11) is 1.68.